The highest BCUT2D eigenvalue weighted by atomic mass is 35.5. The van der Waals surface area contributed by atoms with Crippen LogP contribution in [-0.4, -0.2) is 40.6 Å². The molecule has 1 aliphatic heterocycles. The van der Waals surface area contributed by atoms with E-state index < -0.39 is 17.6 Å². The van der Waals surface area contributed by atoms with Crippen LogP contribution in [-0.2, 0) is 10.9 Å². The van der Waals surface area contributed by atoms with Crippen LogP contribution < -0.4 is 10.6 Å². The van der Waals surface area contributed by atoms with Crippen molar-refractivity contribution < 1.29 is 22.7 Å². The largest absolute Gasteiger partial charge is 0.416 e. The Labute approximate surface area is 182 Å². The number of carbonyl (C=O) groups excluding carboxylic acids is 1. The molecular weight excluding hydrogens is 435 g/mol. The molecule has 1 unspecified atom stereocenters. The summed E-state index contributed by atoms with van der Waals surface area (Å²) >= 11 is 0. The molecule has 0 aliphatic carbocycles. The van der Waals surface area contributed by atoms with Gasteiger partial charge in [0.15, 0.2) is 5.69 Å². The van der Waals surface area contributed by atoms with Gasteiger partial charge in [0.05, 0.1) is 30.2 Å². The van der Waals surface area contributed by atoms with Gasteiger partial charge in [-0.1, -0.05) is 12.1 Å². The summed E-state index contributed by atoms with van der Waals surface area (Å²) < 4.78 is 43.7. The van der Waals surface area contributed by atoms with E-state index in [1.54, 1.807) is 12.1 Å². The average molecular weight is 454 g/mol. The first kappa shape index (κ1) is 22.7. The standard InChI is InChI=1S/C20H18F3N5O2.ClH/c21-20(22,23)14-3-7-16(8-4-14)28-25-11-17(27-28)19(29)26-15-5-1-13(2-6-15)18-12-24-9-10-30-18;/h1-8,11,18,24H,9-10,12H2,(H,26,29);1H. The molecule has 2 heterocycles. The topological polar surface area (TPSA) is 81.1 Å². The number of alkyl halides is 3. The molecule has 1 amide bonds. The zero-order chi connectivity index (χ0) is 21.1. The van der Waals surface area contributed by atoms with Gasteiger partial charge in [0.25, 0.3) is 5.91 Å². The van der Waals surface area contributed by atoms with Crippen LogP contribution in [0.5, 0.6) is 0 Å². The van der Waals surface area contributed by atoms with Crippen molar-refractivity contribution >= 4 is 24.0 Å². The second-order valence-corrected chi connectivity index (χ2v) is 6.70. The number of nitrogens with one attached hydrogen (secondary N) is 2. The van der Waals surface area contributed by atoms with Crippen molar-refractivity contribution in [3.63, 3.8) is 0 Å². The summed E-state index contributed by atoms with van der Waals surface area (Å²) in [6, 6.07) is 11.7. The lowest BCUT2D eigenvalue weighted by Gasteiger charge is -2.24. The van der Waals surface area contributed by atoms with Gasteiger partial charge in [-0.05, 0) is 42.0 Å². The molecule has 1 aromatic heterocycles. The Morgan fingerprint density at radius 2 is 1.84 bits per heavy atom. The molecule has 0 saturated carbocycles. The third-order valence-electron chi connectivity index (χ3n) is 4.62. The molecule has 1 atom stereocenters. The molecule has 2 N–H and O–H groups in total. The van der Waals surface area contributed by atoms with Gasteiger partial charge in [-0.25, -0.2) is 0 Å². The van der Waals surface area contributed by atoms with Gasteiger partial charge in [-0.15, -0.1) is 17.5 Å². The summed E-state index contributed by atoms with van der Waals surface area (Å²) in [7, 11) is 0. The average Bonchev–Trinajstić information content (AvgIpc) is 3.25. The van der Waals surface area contributed by atoms with E-state index in [4.69, 9.17) is 4.74 Å². The van der Waals surface area contributed by atoms with Crippen molar-refractivity contribution in [2.75, 3.05) is 25.0 Å². The number of halogens is 4. The number of morpholine rings is 1. The Kier molecular flexibility index (Phi) is 6.94. The van der Waals surface area contributed by atoms with Gasteiger partial charge in [-0.2, -0.15) is 23.1 Å². The third-order valence-corrected chi connectivity index (χ3v) is 4.62. The van der Waals surface area contributed by atoms with Crippen LogP contribution in [0, 0.1) is 0 Å². The molecule has 1 saturated heterocycles. The number of benzene rings is 2. The van der Waals surface area contributed by atoms with Gasteiger partial charge in [-0.3, -0.25) is 4.79 Å². The van der Waals surface area contributed by atoms with Crippen LogP contribution in [0.4, 0.5) is 18.9 Å². The van der Waals surface area contributed by atoms with Crippen LogP contribution in [0.15, 0.2) is 54.7 Å². The molecule has 1 fully saturated rings. The van der Waals surface area contributed by atoms with Crippen LogP contribution in [0.2, 0.25) is 0 Å². The van der Waals surface area contributed by atoms with Crippen LogP contribution >= 0.6 is 12.4 Å². The van der Waals surface area contributed by atoms with E-state index in [1.807, 2.05) is 12.1 Å². The summed E-state index contributed by atoms with van der Waals surface area (Å²) in [6.07, 6.45) is -3.19. The minimum absolute atomic E-state index is 0. The number of rotatable bonds is 4. The van der Waals surface area contributed by atoms with Crippen molar-refractivity contribution in [2.45, 2.75) is 12.3 Å². The van der Waals surface area contributed by atoms with Gasteiger partial charge < -0.3 is 15.4 Å². The van der Waals surface area contributed by atoms with Gasteiger partial charge >= 0.3 is 6.18 Å². The first-order chi connectivity index (χ1) is 14.4. The summed E-state index contributed by atoms with van der Waals surface area (Å²) in [5.41, 5.74) is 1.17. The first-order valence-corrected chi connectivity index (χ1v) is 9.24. The van der Waals surface area contributed by atoms with Crippen molar-refractivity contribution in [2.24, 2.45) is 0 Å². The van der Waals surface area contributed by atoms with Crippen molar-refractivity contribution in [1.82, 2.24) is 20.3 Å². The van der Waals surface area contributed by atoms with Gasteiger partial charge in [0.1, 0.15) is 0 Å². The first-order valence-electron chi connectivity index (χ1n) is 9.24. The van der Waals surface area contributed by atoms with Gasteiger partial charge in [0.2, 0.25) is 0 Å². The lowest BCUT2D eigenvalue weighted by Crippen LogP contribution is -2.33. The number of aromatic nitrogens is 3. The number of nitrogens with zero attached hydrogens (tertiary/aromatic N) is 3. The number of carbonyl (C=O) groups is 1. The summed E-state index contributed by atoms with van der Waals surface area (Å²) in [5, 5.41) is 14.0. The van der Waals surface area contributed by atoms with Crippen molar-refractivity contribution in [3.8, 4) is 5.69 Å². The maximum Gasteiger partial charge on any atom is 0.416 e. The van der Waals surface area contributed by atoms with E-state index in [9.17, 15) is 18.0 Å². The molecule has 0 bridgehead atoms. The Balaban J connectivity index is 0.00000272. The monoisotopic (exact) mass is 453 g/mol. The molecule has 164 valence electrons. The minimum Gasteiger partial charge on any atom is -0.371 e. The molecule has 7 nitrogen and oxygen atoms in total. The fraction of sp³-hybridized carbons (Fsp3) is 0.250. The number of anilines is 1. The fourth-order valence-electron chi connectivity index (χ4n) is 3.03. The van der Waals surface area contributed by atoms with E-state index in [0.29, 0.717) is 18.0 Å². The van der Waals surface area contributed by atoms with Crippen LogP contribution in [0.25, 0.3) is 5.69 Å². The number of ether oxygens (including phenoxy) is 1. The van der Waals surface area contributed by atoms with Crippen LogP contribution in [0.1, 0.15) is 27.7 Å². The zero-order valence-corrected chi connectivity index (χ0v) is 16.9. The number of hydrogen-bond donors (Lipinski definition) is 2. The predicted octanol–water partition coefficient (Wildman–Crippen LogP) is 3.62. The molecule has 31 heavy (non-hydrogen) atoms. The van der Waals surface area contributed by atoms with Crippen LogP contribution in [0.3, 0.4) is 0 Å². The summed E-state index contributed by atoms with van der Waals surface area (Å²) in [4.78, 5) is 13.5. The van der Waals surface area contributed by atoms with Crippen molar-refractivity contribution in [1.29, 1.82) is 0 Å². The summed E-state index contributed by atoms with van der Waals surface area (Å²) in [6.45, 7) is 2.22. The normalized spacial score (nSPS) is 16.4. The molecule has 2 aromatic carbocycles. The predicted molar refractivity (Wildman–Crippen MR) is 110 cm³/mol. The number of amides is 1. The van der Waals surface area contributed by atoms with Gasteiger partial charge in [0, 0.05) is 18.8 Å². The third kappa shape index (κ3) is 5.40. The Bertz CT molecular complexity index is 1020. The summed E-state index contributed by atoms with van der Waals surface area (Å²) in [5.74, 6) is -0.475. The Morgan fingerprint density at radius 3 is 2.45 bits per heavy atom. The zero-order valence-electron chi connectivity index (χ0n) is 16.1. The molecular formula is C20H19ClF3N5O2. The number of hydrogen-bond acceptors (Lipinski definition) is 5. The Hall–Kier alpha value is -2.95. The van der Waals surface area contributed by atoms with E-state index in [0.717, 1.165) is 35.6 Å². The highest BCUT2D eigenvalue weighted by molar-refractivity contribution is 6.02. The smallest absolute Gasteiger partial charge is 0.371 e. The van der Waals surface area contributed by atoms with E-state index in [1.165, 1.54) is 18.3 Å². The second kappa shape index (κ2) is 9.46. The van der Waals surface area contributed by atoms with E-state index in [-0.39, 0.29) is 24.2 Å². The highest BCUT2D eigenvalue weighted by Crippen LogP contribution is 2.29. The maximum atomic E-state index is 12.7. The minimum atomic E-state index is -4.42. The maximum absolute atomic E-state index is 12.7. The van der Waals surface area contributed by atoms with Crippen molar-refractivity contribution in [3.05, 3.63) is 71.5 Å². The lowest BCUT2D eigenvalue weighted by molar-refractivity contribution is -0.137. The SMILES string of the molecule is Cl.O=C(Nc1ccc(C2CNCCO2)cc1)c1cnn(-c2ccc(C(F)(F)F)cc2)n1. The lowest BCUT2D eigenvalue weighted by atomic mass is 10.1. The molecule has 0 radical (unpaired) electrons. The molecule has 4 rings (SSSR count). The molecule has 1 aliphatic rings. The van der Waals surface area contributed by atoms with E-state index >= 15 is 0 Å². The van der Waals surface area contributed by atoms with E-state index in [2.05, 4.69) is 20.8 Å². The molecule has 3 aromatic rings. The quantitative estimate of drug-likeness (QED) is 0.630. The Morgan fingerprint density at radius 1 is 1.13 bits per heavy atom. The second-order valence-electron chi connectivity index (χ2n) is 6.70. The highest BCUT2D eigenvalue weighted by Gasteiger charge is 2.30. The molecule has 0 spiro atoms. The molecule has 11 heteroatoms. The fourth-order valence-corrected chi connectivity index (χ4v) is 3.03.